The zero-order valence-electron chi connectivity index (χ0n) is 12.6. The van der Waals surface area contributed by atoms with Gasteiger partial charge in [-0.2, -0.15) is 0 Å². The smallest absolute Gasteiger partial charge is 0.251 e. The fourth-order valence-electron chi connectivity index (χ4n) is 3.49. The Morgan fingerprint density at radius 2 is 2.10 bits per heavy atom. The number of benzene rings is 1. The number of rotatable bonds is 2. The normalized spacial score (nSPS) is 27.9. The molecule has 1 saturated carbocycles. The highest BCUT2D eigenvalue weighted by Gasteiger charge is 2.27. The second-order valence-corrected chi connectivity index (χ2v) is 6.57. The van der Waals surface area contributed by atoms with Gasteiger partial charge in [0.15, 0.2) is 0 Å². The molecular formula is C17H22N2O2. The van der Waals surface area contributed by atoms with Gasteiger partial charge in [0.05, 0.1) is 6.42 Å². The Bertz CT molecular complexity index is 582. The van der Waals surface area contributed by atoms with Gasteiger partial charge in [0.2, 0.25) is 5.91 Å². The van der Waals surface area contributed by atoms with Gasteiger partial charge in [-0.25, -0.2) is 0 Å². The molecule has 0 spiro atoms. The molecule has 0 radical (unpaired) electrons. The predicted molar refractivity (Wildman–Crippen MR) is 82.2 cm³/mol. The third-order valence-corrected chi connectivity index (χ3v) is 4.75. The molecule has 1 heterocycles. The van der Waals surface area contributed by atoms with Crippen LogP contribution in [-0.2, 0) is 11.2 Å². The highest BCUT2D eigenvalue weighted by molar-refractivity contribution is 6.02. The van der Waals surface area contributed by atoms with Gasteiger partial charge in [0.25, 0.3) is 5.91 Å². The van der Waals surface area contributed by atoms with Crippen LogP contribution in [0.15, 0.2) is 18.2 Å². The summed E-state index contributed by atoms with van der Waals surface area (Å²) in [5.74, 6) is 1.23. The van der Waals surface area contributed by atoms with Crippen molar-refractivity contribution in [2.45, 2.75) is 45.6 Å². The van der Waals surface area contributed by atoms with E-state index in [1.54, 1.807) is 6.07 Å². The quantitative estimate of drug-likeness (QED) is 0.878. The van der Waals surface area contributed by atoms with Crippen LogP contribution >= 0.6 is 0 Å². The van der Waals surface area contributed by atoms with Crippen LogP contribution in [0.5, 0.6) is 0 Å². The van der Waals surface area contributed by atoms with E-state index in [9.17, 15) is 9.59 Å². The lowest BCUT2D eigenvalue weighted by Gasteiger charge is -2.33. The minimum Gasteiger partial charge on any atom is -0.349 e. The molecule has 1 aliphatic carbocycles. The summed E-state index contributed by atoms with van der Waals surface area (Å²) >= 11 is 0. The van der Waals surface area contributed by atoms with E-state index < -0.39 is 0 Å². The maximum absolute atomic E-state index is 12.4. The molecule has 4 nitrogen and oxygen atoms in total. The number of carbonyl (C=O) groups is 2. The minimum absolute atomic E-state index is 0.00236. The predicted octanol–water partition coefficient (Wildman–Crippen LogP) is 2.74. The minimum atomic E-state index is -0.0367. The first-order chi connectivity index (χ1) is 10.0. The van der Waals surface area contributed by atoms with E-state index in [4.69, 9.17) is 0 Å². The molecule has 1 aromatic rings. The van der Waals surface area contributed by atoms with Crippen molar-refractivity contribution in [2.75, 3.05) is 5.32 Å². The van der Waals surface area contributed by atoms with Crippen LogP contribution in [0.4, 0.5) is 5.69 Å². The van der Waals surface area contributed by atoms with E-state index in [-0.39, 0.29) is 17.9 Å². The lowest BCUT2D eigenvalue weighted by Crippen LogP contribution is -2.42. The number of amides is 2. The van der Waals surface area contributed by atoms with Crippen LogP contribution in [0.2, 0.25) is 0 Å². The summed E-state index contributed by atoms with van der Waals surface area (Å²) in [5.41, 5.74) is 2.37. The molecule has 112 valence electrons. The van der Waals surface area contributed by atoms with Crippen molar-refractivity contribution in [2.24, 2.45) is 11.8 Å². The van der Waals surface area contributed by atoms with Crippen molar-refractivity contribution in [3.63, 3.8) is 0 Å². The molecule has 0 bridgehead atoms. The fraction of sp³-hybridized carbons (Fsp3) is 0.529. The Morgan fingerprint density at radius 3 is 2.86 bits per heavy atom. The van der Waals surface area contributed by atoms with Crippen LogP contribution in [0, 0.1) is 11.8 Å². The molecule has 21 heavy (non-hydrogen) atoms. The van der Waals surface area contributed by atoms with Gasteiger partial charge in [-0.3, -0.25) is 9.59 Å². The second kappa shape index (κ2) is 5.51. The number of anilines is 1. The van der Waals surface area contributed by atoms with Crippen LogP contribution in [-0.4, -0.2) is 17.9 Å². The molecule has 0 aromatic heterocycles. The largest absolute Gasteiger partial charge is 0.349 e. The summed E-state index contributed by atoms with van der Waals surface area (Å²) in [6, 6.07) is 5.72. The first-order valence-electron chi connectivity index (χ1n) is 7.76. The molecule has 2 N–H and O–H groups in total. The molecule has 4 heteroatoms. The third kappa shape index (κ3) is 2.94. The Labute approximate surface area is 125 Å². The van der Waals surface area contributed by atoms with E-state index in [1.165, 1.54) is 12.8 Å². The summed E-state index contributed by atoms with van der Waals surface area (Å²) < 4.78 is 0. The van der Waals surface area contributed by atoms with Crippen LogP contribution in [0.25, 0.3) is 0 Å². The van der Waals surface area contributed by atoms with E-state index in [0.29, 0.717) is 17.9 Å². The molecule has 3 rings (SSSR count). The van der Waals surface area contributed by atoms with Gasteiger partial charge in [0.1, 0.15) is 0 Å². The summed E-state index contributed by atoms with van der Waals surface area (Å²) in [4.78, 5) is 23.8. The van der Waals surface area contributed by atoms with Crippen molar-refractivity contribution in [3.8, 4) is 0 Å². The SMILES string of the molecule is CC1CCC(NC(=O)c2ccc3c(c2)NC(=O)C3)C(C)C1. The summed E-state index contributed by atoms with van der Waals surface area (Å²) in [6.45, 7) is 4.49. The highest BCUT2D eigenvalue weighted by Crippen LogP contribution is 2.29. The number of carbonyl (C=O) groups excluding carboxylic acids is 2. The Balaban J connectivity index is 1.69. The Kier molecular flexibility index (Phi) is 3.70. The monoisotopic (exact) mass is 286 g/mol. The number of fused-ring (bicyclic) bond motifs is 1. The van der Waals surface area contributed by atoms with E-state index >= 15 is 0 Å². The number of hydrogen-bond acceptors (Lipinski definition) is 2. The van der Waals surface area contributed by atoms with Gasteiger partial charge in [-0.05, 0) is 48.8 Å². The fourth-order valence-corrected chi connectivity index (χ4v) is 3.49. The molecule has 1 fully saturated rings. The zero-order valence-corrected chi connectivity index (χ0v) is 12.6. The van der Waals surface area contributed by atoms with Crippen molar-refractivity contribution < 1.29 is 9.59 Å². The first-order valence-corrected chi connectivity index (χ1v) is 7.76. The average Bonchev–Trinajstić information content (AvgIpc) is 2.80. The van der Waals surface area contributed by atoms with Gasteiger partial charge >= 0.3 is 0 Å². The topological polar surface area (TPSA) is 58.2 Å². The van der Waals surface area contributed by atoms with Crippen molar-refractivity contribution in [3.05, 3.63) is 29.3 Å². The lowest BCUT2D eigenvalue weighted by atomic mass is 9.80. The number of hydrogen-bond donors (Lipinski definition) is 2. The molecule has 2 amide bonds. The van der Waals surface area contributed by atoms with E-state index in [1.807, 2.05) is 12.1 Å². The maximum Gasteiger partial charge on any atom is 0.251 e. The summed E-state index contributed by atoms with van der Waals surface area (Å²) in [6.07, 6.45) is 3.81. The van der Waals surface area contributed by atoms with E-state index in [2.05, 4.69) is 24.5 Å². The lowest BCUT2D eigenvalue weighted by molar-refractivity contribution is -0.115. The van der Waals surface area contributed by atoms with E-state index in [0.717, 1.165) is 23.6 Å². The molecule has 0 saturated heterocycles. The molecule has 3 unspecified atom stereocenters. The van der Waals surface area contributed by atoms with Gasteiger partial charge in [0, 0.05) is 17.3 Å². The maximum atomic E-state index is 12.4. The van der Waals surface area contributed by atoms with Gasteiger partial charge in [-0.1, -0.05) is 19.9 Å². The molecule has 1 aromatic carbocycles. The summed E-state index contributed by atoms with van der Waals surface area (Å²) in [5, 5.41) is 5.95. The third-order valence-electron chi connectivity index (χ3n) is 4.75. The second-order valence-electron chi connectivity index (χ2n) is 6.57. The zero-order chi connectivity index (χ0) is 15.0. The number of nitrogens with one attached hydrogen (secondary N) is 2. The van der Waals surface area contributed by atoms with Crippen molar-refractivity contribution >= 4 is 17.5 Å². The van der Waals surface area contributed by atoms with Crippen LogP contribution in [0.3, 0.4) is 0 Å². The van der Waals surface area contributed by atoms with Gasteiger partial charge < -0.3 is 10.6 Å². The van der Waals surface area contributed by atoms with Gasteiger partial charge in [-0.15, -0.1) is 0 Å². The highest BCUT2D eigenvalue weighted by atomic mass is 16.2. The van der Waals surface area contributed by atoms with Crippen molar-refractivity contribution in [1.82, 2.24) is 5.32 Å². The Morgan fingerprint density at radius 1 is 1.29 bits per heavy atom. The first kappa shape index (κ1) is 14.1. The van der Waals surface area contributed by atoms with Crippen LogP contribution in [0.1, 0.15) is 49.0 Å². The molecule has 3 atom stereocenters. The Hall–Kier alpha value is -1.84. The van der Waals surface area contributed by atoms with Crippen molar-refractivity contribution in [1.29, 1.82) is 0 Å². The molecule has 1 aliphatic heterocycles. The standard InChI is InChI=1S/C17H22N2O2/c1-10-3-6-14(11(2)7-10)19-17(21)13-5-4-12-9-16(20)18-15(12)8-13/h4-5,8,10-11,14H,3,6-7,9H2,1-2H3,(H,18,20)(H,19,21). The van der Waals surface area contributed by atoms with Crippen LogP contribution < -0.4 is 10.6 Å². The summed E-state index contributed by atoms with van der Waals surface area (Å²) in [7, 11) is 0. The molecule has 2 aliphatic rings. The average molecular weight is 286 g/mol. The molecular weight excluding hydrogens is 264 g/mol.